The summed E-state index contributed by atoms with van der Waals surface area (Å²) in [4.78, 5) is 0. The van der Waals surface area contributed by atoms with Crippen LogP contribution in [-0.2, 0) is 0 Å². The molecule has 1 aromatic rings. The van der Waals surface area contributed by atoms with Gasteiger partial charge in [-0.3, -0.25) is 0 Å². The van der Waals surface area contributed by atoms with E-state index in [1.165, 1.54) is 0 Å². The monoisotopic (exact) mass is 299 g/mol. The van der Waals surface area contributed by atoms with Crippen LogP contribution in [-0.4, -0.2) is 6.04 Å². The molecule has 2 N–H and O–H groups in total. The predicted octanol–water partition coefficient (Wildman–Crippen LogP) is 4.21. The van der Waals surface area contributed by atoms with Crippen molar-refractivity contribution in [2.45, 2.75) is 45.1 Å². The summed E-state index contributed by atoms with van der Waals surface area (Å²) in [6, 6.07) is 5.41. The summed E-state index contributed by atoms with van der Waals surface area (Å²) in [5.74, 6) is 0.168. The first kappa shape index (κ1) is 13.0. The van der Waals surface area contributed by atoms with Crippen LogP contribution in [0.1, 0.15) is 44.6 Å². The molecule has 1 nitrogen and oxygen atoms in total. The summed E-state index contributed by atoms with van der Waals surface area (Å²) in [6.45, 7) is 4.32. The molecule has 0 aliphatic heterocycles. The van der Waals surface area contributed by atoms with Crippen molar-refractivity contribution in [1.29, 1.82) is 0 Å². The lowest BCUT2D eigenvalue weighted by molar-refractivity contribution is 0.0417. The van der Waals surface area contributed by atoms with Gasteiger partial charge in [-0.15, -0.1) is 0 Å². The van der Waals surface area contributed by atoms with Gasteiger partial charge in [0, 0.05) is 10.5 Å². The Morgan fingerprint density at radius 1 is 1.41 bits per heavy atom. The van der Waals surface area contributed by atoms with Gasteiger partial charge in [-0.25, -0.2) is 4.39 Å². The second kappa shape index (κ2) is 4.69. The molecule has 1 aliphatic rings. The number of nitrogens with two attached hydrogens (primary N) is 1. The van der Waals surface area contributed by atoms with Crippen molar-refractivity contribution in [3.63, 3.8) is 0 Å². The molecule has 0 amide bonds. The maximum absolute atomic E-state index is 13.9. The molecule has 1 aliphatic carbocycles. The summed E-state index contributed by atoms with van der Waals surface area (Å²) in [7, 11) is 0. The average molecular weight is 300 g/mol. The summed E-state index contributed by atoms with van der Waals surface area (Å²) >= 11 is 3.42. The summed E-state index contributed by atoms with van der Waals surface area (Å²) in [5, 5.41) is 0. The van der Waals surface area contributed by atoms with E-state index in [1.54, 1.807) is 12.1 Å². The Morgan fingerprint density at radius 3 is 2.59 bits per heavy atom. The van der Waals surface area contributed by atoms with Crippen LogP contribution in [0.5, 0.6) is 0 Å². The summed E-state index contributed by atoms with van der Waals surface area (Å²) in [5.41, 5.74) is 7.07. The van der Waals surface area contributed by atoms with Gasteiger partial charge in [0.15, 0.2) is 0 Å². The van der Waals surface area contributed by atoms with Crippen molar-refractivity contribution < 1.29 is 4.39 Å². The Labute approximate surface area is 111 Å². The third-order valence-corrected chi connectivity index (χ3v) is 5.07. The molecule has 0 heterocycles. The van der Waals surface area contributed by atoms with E-state index in [-0.39, 0.29) is 23.2 Å². The Kier molecular flexibility index (Phi) is 3.60. The fourth-order valence-electron chi connectivity index (χ4n) is 3.31. The normalized spacial score (nSPS) is 26.6. The highest BCUT2D eigenvalue weighted by Crippen LogP contribution is 2.56. The molecule has 94 valence electrons. The Morgan fingerprint density at radius 2 is 2.06 bits per heavy atom. The van der Waals surface area contributed by atoms with E-state index < -0.39 is 0 Å². The minimum Gasteiger partial charge on any atom is -0.327 e. The molecular formula is C14H19BrFN. The van der Waals surface area contributed by atoms with Crippen molar-refractivity contribution in [2.24, 2.45) is 11.1 Å². The third kappa shape index (κ3) is 1.93. The molecule has 0 spiro atoms. The van der Waals surface area contributed by atoms with Gasteiger partial charge in [-0.1, -0.05) is 29.8 Å². The van der Waals surface area contributed by atoms with Crippen molar-refractivity contribution >= 4 is 15.9 Å². The van der Waals surface area contributed by atoms with Gasteiger partial charge in [0.05, 0.1) is 0 Å². The van der Waals surface area contributed by atoms with Crippen LogP contribution in [0, 0.1) is 11.2 Å². The Hall–Kier alpha value is -0.410. The highest BCUT2D eigenvalue weighted by atomic mass is 79.9. The molecule has 1 saturated carbocycles. The van der Waals surface area contributed by atoms with Crippen molar-refractivity contribution in [3.8, 4) is 0 Å². The smallest absolute Gasteiger partial charge is 0.126 e. The van der Waals surface area contributed by atoms with Crippen molar-refractivity contribution in [2.75, 3.05) is 0 Å². The lowest BCUT2D eigenvalue weighted by Crippen LogP contribution is -2.56. The molecule has 1 aromatic carbocycles. The zero-order valence-corrected chi connectivity index (χ0v) is 11.9. The quantitative estimate of drug-likeness (QED) is 0.889. The molecule has 2 rings (SSSR count). The van der Waals surface area contributed by atoms with E-state index in [2.05, 4.69) is 29.8 Å². The number of benzene rings is 1. The van der Waals surface area contributed by atoms with Crippen molar-refractivity contribution in [3.05, 3.63) is 34.1 Å². The standard InChI is InChI=1S/C14H19BrFN/c1-3-14(4-2)11(8-13(14)17)10-7-9(15)5-6-12(10)16/h5-7,11,13H,3-4,8,17H2,1-2H3. The molecule has 2 atom stereocenters. The van der Waals surface area contributed by atoms with Gasteiger partial charge in [0.2, 0.25) is 0 Å². The van der Waals surface area contributed by atoms with Crippen LogP contribution < -0.4 is 5.73 Å². The highest BCUT2D eigenvalue weighted by molar-refractivity contribution is 9.10. The summed E-state index contributed by atoms with van der Waals surface area (Å²) in [6.07, 6.45) is 2.93. The number of rotatable bonds is 3. The van der Waals surface area contributed by atoms with Gasteiger partial charge in [0.25, 0.3) is 0 Å². The lowest BCUT2D eigenvalue weighted by atomic mass is 9.52. The average Bonchev–Trinajstić information content (AvgIpc) is 2.31. The second-order valence-corrected chi connectivity index (χ2v) is 5.92. The fraction of sp³-hybridized carbons (Fsp3) is 0.571. The van der Waals surface area contributed by atoms with Gasteiger partial charge >= 0.3 is 0 Å². The van der Waals surface area contributed by atoms with E-state index >= 15 is 0 Å². The van der Waals surface area contributed by atoms with E-state index in [0.717, 1.165) is 29.3 Å². The molecule has 0 bridgehead atoms. The second-order valence-electron chi connectivity index (χ2n) is 5.00. The third-order valence-electron chi connectivity index (χ3n) is 4.57. The zero-order valence-electron chi connectivity index (χ0n) is 10.3. The molecule has 0 aromatic heterocycles. The number of halogens is 2. The van der Waals surface area contributed by atoms with Gasteiger partial charge < -0.3 is 5.73 Å². The lowest BCUT2D eigenvalue weighted by Gasteiger charge is -2.55. The summed E-state index contributed by atoms with van der Waals surface area (Å²) < 4.78 is 14.9. The maximum atomic E-state index is 13.9. The van der Waals surface area contributed by atoms with Crippen LogP contribution in [0.3, 0.4) is 0 Å². The first-order valence-corrected chi connectivity index (χ1v) is 7.05. The number of hydrogen-bond acceptors (Lipinski definition) is 1. The maximum Gasteiger partial charge on any atom is 0.126 e. The molecule has 1 fully saturated rings. The molecule has 17 heavy (non-hydrogen) atoms. The highest BCUT2D eigenvalue weighted by Gasteiger charge is 2.51. The minimum atomic E-state index is -0.101. The predicted molar refractivity (Wildman–Crippen MR) is 72.4 cm³/mol. The first-order chi connectivity index (χ1) is 8.05. The van der Waals surface area contributed by atoms with Crippen molar-refractivity contribution in [1.82, 2.24) is 0 Å². The van der Waals surface area contributed by atoms with Crippen LogP contribution in [0.25, 0.3) is 0 Å². The SMILES string of the molecule is CCC1(CC)C(N)CC1c1cc(Br)ccc1F. The fourth-order valence-corrected chi connectivity index (χ4v) is 3.69. The van der Waals surface area contributed by atoms with E-state index in [4.69, 9.17) is 5.73 Å². The molecule has 0 saturated heterocycles. The van der Waals surface area contributed by atoms with Gasteiger partial charge in [0.1, 0.15) is 5.82 Å². The van der Waals surface area contributed by atoms with E-state index in [9.17, 15) is 4.39 Å². The van der Waals surface area contributed by atoms with Gasteiger partial charge in [-0.05, 0) is 54.4 Å². The van der Waals surface area contributed by atoms with Crippen LogP contribution in [0.15, 0.2) is 22.7 Å². The zero-order chi connectivity index (χ0) is 12.6. The molecule has 2 unspecified atom stereocenters. The Bertz CT molecular complexity index is 415. The molecule has 3 heteroatoms. The van der Waals surface area contributed by atoms with Crippen LogP contribution >= 0.6 is 15.9 Å². The van der Waals surface area contributed by atoms with Crippen LogP contribution in [0.2, 0.25) is 0 Å². The Balaban J connectivity index is 2.38. The molecular weight excluding hydrogens is 281 g/mol. The minimum absolute atomic E-state index is 0.0850. The van der Waals surface area contributed by atoms with Crippen LogP contribution in [0.4, 0.5) is 4.39 Å². The van der Waals surface area contributed by atoms with E-state index in [0.29, 0.717) is 0 Å². The number of hydrogen-bond donors (Lipinski definition) is 1. The topological polar surface area (TPSA) is 26.0 Å². The van der Waals surface area contributed by atoms with Gasteiger partial charge in [-0.2, -0.15) is 0 Å². The first-order valence-electron chi connectivity index (χ1n) is 6.25. The van der Waals surface area contributed by atoms with E-state index in [1.807, 2.05) is 6.07 Å². The molecule has 0 radical (unpaired) electrons. The largest absolute Gasteiger partial charge is 0.327 e.